The van der Waals surface area contributed by atoms with Crippen molar-refractivity contribution in [1.82, 2.24) is 4.31 Å². The van der Waals surface area contributed by atoms with E-state index in [1.54, 1.807) is 0 Å². The standard InChI is InChI=1S/C12H17NO4S/c1-2-8-13(18(16,17)10-12(14)15)9-11-6-4-3-5-7-11/h3-7H,2,8-10H2,1H3,(H,14,15). The number of sulfonamides is 1. The predicted molar refractivity (Wildman–Crippen MR) is 68.6 cm³/mol. The van der Waals surface area contributed by atoms with Gasteiger partial charge >= 0.3 is 5.97 Å². The van der Waals surface area contributed by atoms with Gasteiger partial charge in [-0.05, 0) is 12.0 Å². The number of carboxylic acids is 1. The molecule has 0 heterocycles. The Morgan fingerprint density at radius 2 is 1.89 bits per heavy atom. The number of carboxylic acid groups (broad SMARTS) is 1. The molecule has 100 valence electrons. The van der Waals surface area contributed by atoms with Crippen LogP contribution in [0.4, 0.5) is 0 Å². The van der Waals surface area contributed by atoms with E-state index in [0.29, 0.717) is 13.0 Å². The second kappa shape index (κ2) is 6.51. The van der Waals surface area contributed by atoms with Gasteiger partial charge in [-0.1, -0.05) is 37.3 Å². The monoisotopic (exact) mass is 271 g/mol. The fraction of sp³-hybridized carbons (Fsp3) is 0.417. The van der Waals surface area contributed by atoms with E-state index in [0.717, 1.165) is 5.56 Å². The van der Waals surface area contributed by atoms with Crippen LogP contribution in [-0.4, -0.2) is 36.1 Å². The number of rotatable bonds is 7. The van der Waals surface area contributed by atoms with Crippen LogP contribution in [0.1, 0.15) is 18.9 Å². The van der Waals surface area contributed by atoms with E-state index < -0.39 is 21.7 Å². The van der Waals surface area contributed by atoms with Crippen LogP contribution in [0.5, 0.6) is 0 Å². The smallest absolute Gasteiger partial charge is 0.320 e. The number of aliphatic carboxylic acids is 1. The Balaban J connectivity index is 2.86. The quantitative estimate of drug-likeness (QED) is 0.811. The van der Waals surface area contributed by atoms with Crippen LogP contribution in [-0.2, 0) is 21.4 Å². The number of carbonyl (C=O) groups is 1. The van der Waals surface area contributed by atoms with E-state index in [2.05, 4.69) is 0 Å². The van der Waals surface area contributed by atoms with Crippen molar-refractivity contribution in [2.45, 2.75) is 19.9 Å². The van der Waals surface area contributed by atoms with E-state index >= 15 is 0 Å². The maximum absolute atomic E-state index is 11.9. The molecular weight excluding hydrogens is 254 g/mol. The van der Waals surface area contributed by atoms with Gasteiger partial charge in [0, 0.05) is 13.1 Å². The molecule has 1 aromatic rings. The van der Waals surface area contributed by atoms with Gasteiger partial charge in [0.1, 0.15) is 0 Å². The van der Waals surface area contributed by atoms with Crippen LogP contribution >= 0.6 is 0 Å². The minimum absolute atomic E-state index is 0.213. The fourth-order valence-electron chi connectivity index (χ4n) is 1.60. The molecule has 0 aliphatic rings. The largest absolute Gasteiger partial charge is 0.480 e. The summed E-state index contributed by atoms with van der Waals surface area (Å²) in [5.74, 6) is -2.19. The highest BCUT2D eigenvalue weighted by molar-refractivity contribution is 7.89. The zero-order valence-electron chi connectivity index (χ0n) is 10.2. The molecule has 6 heteroatoms. The molecule has 1 rings (SSSR count). The molecule has 0 radical (unpaired) electrons. The zero-order valence-corrected chi connectivity index (χ0v) is 11.1. The summed E-state index contributed by atoms with van der Waals surface area (Å²) in [6.07, 6.45) is 0.645. The molecule has 0 aliphatic carbocycles. The van der Waals surface area contributed by atoms with Gasteiger partial charge in [-0.2, -0.15) is 4.31 Å². The predicted octanol–water partition coefficient (Wildman–Crippen LogP) is 1.31. The van der Waals surface area contributed by atoms with Crippen molar-refractivity contribution in [1.29, 1.82) is 0 Å². The molecular formula is C12H17NO4S. The molecule has 0 saturated carbocycles. The average Bonchev–Trinajstić information content (AvgIpc) is 2.28. The van der Waals surface area contributed by atoms with Crippen LogP contribution in [0.15, 0.2) is 30.3 Å². The first kappa shape index (κ1) is 14.7. The van der Waals surface area contributed by atoms with Gasteiger partial charge in [-0.3, -0.25) is 4.79 Å². The summed E-state index contributed by atoms with van der Waals surface area (Å²) in [7, 11) is -3.75. The molecule has 0 bridgehead atoms. The molecule has 0 saturated heterocycles. The van der Waals surface area contributed by atoms with Gasteiger partial charge in [-0.25, -0.2) is 8.42 Å². The van der Waals surface area contributed by atoms with E-state index in [-0.39, 0.29) is 6.54 Å². The second-order valence-corrected chi connectivity index (χ2v) is 5.94. The maximum atomic E-state index is 11.9. The van der Waals surface area contributed by atoms with Gasteiger partial charge < -0.3 is 5.11 Å². The Kier molecular flexibility index (Phi) is 5.30. The lowest BCUT2D eigenvalue weighted by Crippen LogP contribution is -2.35. The van der Waals surface area contributed by atoms with E-state index in [1.165, 1.54) is 4.31 Å². The Labute approximate surface area is 107 Å². The summed E-state index contributed by atoms with van der Waals surface area (Å²) in [6, 6.07) is 9.13. The molecule has 18 heavy (non-hydrogen) atoms. The number of nitrogens with zero attached hydrogens (tertiary/aromatic N) is 1. The Hall–Kier alpha value is -1.40. The lowest BCUT2D eigenvalue weighted by Gasteiger charge is -2.20. The molecule has 0 fully saturated rings. The highest BCUT2D eigenvalue weighted by Gasteiger charge is 2.24. The number of hydrogen-bond donors (Lipinski definition) is 1. The van der Waals surface area contributed by atoms with Gasteiger partial charge in [0.2, 0.25) is 10.0 Å². The molecule has 0 atom stereocenters. The van der Waals surface area contributed by atoms with Crippen molar-refractivity contribution in [2.75, 3.05) is 12.3 Å². The molecule has 5 nitrogen and oxygen atoms in total. The van der Waals surface area contributed by atoms with Crippen molar-refractivity contribution in [3.63, 3.8) is 0 Å². The lowest BCUT2D eigenvalue weighted by atomic mass is 10.2. The highest BCUT2D eigenvalue weighted by Crippen LogP contribution is 2.10. The Morgan fingerprint density at radius 3 is 2.39 bits per heavy atom. The SMILES string of the molecule is CCCN(Cc1ccccc1)S(=O)(=O)CC(=O)O. The van der Waals surface area contributed by atoms with Gasteiger partial charge in [0.25, 0.3) is 0 Å². The molecule has 1 N–H and O–H groups in total. The minimum Gasteiger partial charge on any atom is -0.480 e. The van der Waals surface area contributed by atoms with Crippen molar-refractivity contribution in [2.24, 2.45) is 0 Å². The summed E-state index contributed by atoms with van der Waals surface area (Å²) >= 11 is 0. The third-order valence-corrected chi connectivity index (χ3v) is 4.08. The molecule has 0 aliphatic heterocycles. The number of benzene rings is 1. The van der Waals surface area contributed by atoms with Crippen LogP contribution in [0.2, 0.25) is 0 Å². The molecule has 0 amide bonds. The first-order chi connectivity index (χ1) is 8.45. The third-order valence-electron chi connectivity index (χ3n) is 2.37. The van der Waals surface area contributed by atoms with E-state index in [1.807, 2.05) is 37.3 Å². The normalized spacial score (nSPS) is 11.7. The summed E-state index contributed by atoms with van der Waals surface area (Å²) in [5.41, 5.74) is 0.847. The molecule has 0 spiro atoms. The summed E-state index contributed by atoms with van der Waals surface area (Å²) in [4.78, 5) is 10.6. The third kappa shape index (κ3) is 4.46. The minimum atomic E-state index is -3.75. The summed E-state index contributed by atoms with van der Waals surface area (Å²) < 4.78 is 25.0. The summed E-state index contributed by atoms with van der Waals surface area (Å²) in [5, 5.41) is 8.63. The molecule has 1 aromatic carbocycles. The maximum Gasteiger partial charge on any atom is 0.320 e. The topological polar surface area (TPSA) is 74.7 Å². The van der Waals surface area contributed by atoms with Gasteiger partial charge in [-0.15, -0.1) is 0 Å². The van der Waals surface area contributed by atoms with Crippen LogP contribution in [0.3, 0.4) is 0 Å². The van der Waals surface area contributed by atoms with E-state index in [9.17, 15) is 13.2 Å². The van der Waals surface area contributed by atoms with Crippen molar-refractivity contribution in [3.8, 4) is 0 Å². The molecule has 0 unspecified atom stereocenters. The fourth-order valence-corrected chi connectivity index (χ4v) is 2.90. The first-order valence-electron chi connectivity index (χ1n) is 5.69. The van der Waals surface area contributed by atoms with Crippen molar-refractivity contribution < 1.29 is 18.3 Å². The van der Waals surface area contributed by atoms with Crippen LogP contribution < -0.4 is 0 Å². The summed E-state index contributed by atoms with van der Waals surface area (Å²) in [6.45, 7) is 2.39. The highest BCUT2D eigenvalue weighted by atomic mass is 32.2. The lowest BCUT2D eigenvalue weighted by molar-refractivity contribution is -0.134. The zero-order chi connectivity index (χ0) is 13.6. The first-order valence-corrected chi connectivity index (χ1v) is 7.30. The Bertz CT molecular complexity index is 484. The second-order valence-electron chi connectivity index (χ2n) is 3.97. The van der Waals surface area contributed by atoms with Gasteiger partial charge in [0.05, 0.1) is 0 Å². The van der Waals surface area contributed by atoms with E-state index in [4.69, 9.17) is 5.11 Å². The molecule has 0 aromatic heterocycles. The van der Waals surface area contributed by atoms with Gasteiger partial charge in [0.15, 0.2) is 5.75 Å². The van der Waals surface area contributed by atoms with Crippen molar-refractivity contribution in [3.05, 3.63) is 35.9 Å². The number of hydrogen-bond acceptors (Lipinski definition) is 3. The van der Waals surface area contributed by atoms with Crippen molar-refractivity contribution >= 4 is 16.0 Å². The average molecular weight is 271 g/mol. The Morgan fingerprint density at radius 1 is 1.28 bits per heavy atom. The van der Waals surface area contributed by atoms with Crippen LogP contribution in [0, 0.1) is 0 Å². The van der Waals surface area contributed by atoms with Crippen LogP contribution in [0.25, 0.3) is 0 Å².